The summed E-state index contributed by atoms with van der Waals surface area (Å²) in [7, 11) is 0. The van der Waals surface area contributed by atoms with Gasteiger partial charge in [-0.25, -0.2) is 14.6 Å². The van der Waals surface area contributed by atoms with Gasteiger partial charge >= 0.3 is 0 Å². The monoisotopic (exact) mass is 486 g/mol. The van der Waals surface area contributed by atoms with Gasteiger partial charge in [0.15, 0.2) is 11.4 Å². The summed E-state index contributed by atoms with van der Waals surface area (Å²) in [5, 5.41) is 13.8. The maximum atomic E-state index is 13.1. The number of rotatable bonds is 4. The van der Waals surface area contributed by atoms with Gasteiger partial charge in [0.05, 0.1) is 12.2 Å². The van der Waals surface area contributed by atoms with E-state index in [-0.39, 0.29) is 36.2 Å². The number of aryl methyl sites for hydroxylation is 1. The Bertz CT molecular complexity index is 1400. The number of anilines is 2. The summed E-state index contributed by atoms with van der Waals surface area (Å²) in [6, 6.07) is 8.73. The van der Waals surface area contributed by atoms with E-state index in [0.29, 0.717) is 43.1 Å². The van der Waals surface area contributed by atoms with Crippen LogP contribution in [0.4, 0.5) is 11.5 Å². The molecule has 0 bridgehead atoms. The number of pyridine rings is 2. The molecule has 3 amide bonds. The summed E-state index contributed by atoms with van der Waals surface area (Å²) < 4.78 is 1.56. The van der Waals surface area contributed by atoms with Crippen LogP contribution in [0.1, 0.15) is 35.3 Å². The average molecular weight is 486 g/mol. The zero-order valence-corrected chi connectivity index (χ0v) is 19.2. The van der Waals surface area contributed by atoms with Crippen LogP contribution in [0.15, 0.2) is 54.1 Å². The normalized spacial score (nSPS) is 20.5. The van der Waals surface area contributed by atoms with Crippen molar-refractivity contribution in [1.82, 2.24) is 24.6 Å². The van der Waals surface area contributed by atoms with Crippen molar-refractivity contribution in [3.8, 4) is 5.82 Å². The number of hydrogen-bond acceptors (Lipinski definition) is 8. The molecule has 1 saturated heterocycles. The molecule has 182 valence electrons. The van der Waals surface area contributed by atoms with Crippen molar-refractivity contribution in [3.63, 3.8) is 0 Å². The summed E-state index contributed by atoms with van der Waals surface area (Å²) in [6.07, 6.45) is 6.80. The predicted octanol–water partition coefficient (Wildman–Crippen LogP) is 1.55. The number of carbonyl (C=O) groups excluding carboxylic acids is 3. The van der Waals surface area contributed by atoms with Gasteiger partial charge in [0.25, 0.3) is 11.8 Å². The molecule has 12 nitrogen and oxygen atoms in total. The van der Waals surface area contributed by atoms with Crippen LogP contribution in [0.25, 0.3) is 5.82 Å². The molecule has 3 aromatic rings. The van der Waals surface area contributed by atoms with Crippen LogP contribution in [0.5, 0.6) is 0 Å². The van der Waals surface area contributed by atoms with E-state index >= 15 is 0 Å². The molecule has 0 aliphatic carbocycles. The topological polar surface area (TPSA) is 144 Å². The van der Waals surface area contributed by atoms with Crippen LogP contribution in [0.3, 0.4) is 0 Å². The molecule has 36 heavy (non-hydrogen) atoms. The molecular weight excluding hydrogens is 464 g/mol. The Morgan fingerprint density at radius 2 is 2.06 bits per heavy atom. The number of aromatic nitrogens is 4. The second kappa shape index (κ2) is 8.56. The van der Waals surface area contributed by atoms with Crippen molar-refractivity contribution in [2.75, 3.05) is 23.7 Å². The van der Waals surface area contributed by atoms with Crippen molar-refractivity contribution >= 4 is 34.9 Å². The Hall–Kier alpha value is -4.61. The highest BCUT2D eigenvalue weighted by molar-refractivity contribution is 6.43. The highest BCUT2D eigenvalue weighted by Gasteiger charge is 2.48. The lowest BCUT2D eigenvalue weighted by atomic mass is 9.96. The maximum absolute atomic E-state index is 13.1. The average Bonchev–Trinajstić information content (AvgIpc) is 3.66. The number of likely N-dealkylation sites (tertiary alicyclic amines) is 1. The summed E-state index contributed by atoms with van der Waals surface area (Å²) in [5.74, 6) is 0.164. The molecule has 6 heterocycles. The van der Waals surface area contributed by atoms with Gasteiger partial charge in [-0.15, -0.1) is 0 Å². The fourth-order valence-corrected chi connectivity index (χ4v) is 4.67. The Morgan fingerprint density at radius 1 is 1.14 bits per heavy atom. The fourth-order valence-electron chi connectivity index (χ4n) is 4.67. The summed E-state index contributed by atoms with van der Waals surface area (Å²) >= 11 is 0. The van der Waals surface area contributed by atoms with Crippen LogP contribution >= 0.6 is 0 Å². The quantitative estimate of drug-likeness (QED) is 0.569. The number of fused-ring (bicyclic) bond motifs is 1. The molecular formula is C24H22N8O4. The minimum Gasteiger partial charge on any atom is -0.386 e. The van der Waals surface area contributed by atoms with Crippen LogP contribution in [0.2, 0.25) is 0 Å². The van der Waals surface area contributed by atoms with Gasteiger partial charge in [0, 0.05) is 44.4 Å². The van der Waals surface area contributed by atoms with Crippen molar-refractivity contribution in [3.05, 3.63) is 60.2 Å². The lowest BCUT2D eigenvalue weighted by Gasteiger charge is -2.22. The van der Waals surface area contributed by atoms with E-state index < -0.39 is 11.5 Å². The van der Waals surface area contributed by atoms with E-state index in [1.807, 2.05) is 6.07 Å². The lowest BCUT2D eigenvalue weighted by molar-refractivity contribution is -0.116. The van der Waals surface area contributed by atoms with Crippen molar-refractivity contribution in [2.45, 2.75) is 31.3 Å². The molecule has 6 rings (SSSR count). The first-order chi connectivity index (χ1) is 17.5. The Balaban J connectivity index is 1.11. The molecule has 3 aliphatic rings. The van der Waals surface area contributed by atoms with Gasteiger partial charge in [0.2, 0.25) is 5.91 Å². The first kappa shape index (κ1) is 21.9. The van der Waals surface area contributed by atoms with Crippen molar-refractivity contribution in [1.29, 1.82) is 0 Å². The molecule has 0 aromatic carbocycles. The minimum absolute atomic E-state index is 0.106. The van der Waals surface area contributed by atoms with Crippen LogP contribution in [0, 0.1) is 0 Å². The van der Waals surface area contributed by atoms with Crippen LogP contribution < -0.4 is 10.6 Å². The Kier molecular flexibility index (Phi) is 5.20. The predicted molar refractivity (Wildman–Crippen MR) is 128 cm³/mol. The molecule has 2 N–H and O–H groups in total. The summed E-state index contributed by atoms with van der Waals surface area (Å²) in [5.41, 5.74) is 1.15. The summed E-state index contributed by atoms with van der Waals surface area (Å²) in [4.78, 5) is 53.8. The number of nitrogens with zero attached hydrogens (tertiary/aromatic N) is 6. The minimum atomic E-state index is -0.759. The van der Waals surface area contributed by atoms with Crippen LogP contribution in [-0.4, -0.2) is 66.8 Å². The molecule has 0 radical (unpaired) electrons. The first-order valence-corrected chi connectivity index (χ1v) is 11.6. The lowest BCUT2D eigenvalue weighted by Crippen LogP contribution is -2.37. The van der Waals surface area contributed by atoms with Gasteiger partial charge in [-0.3, -0.25) is 14.4 Å². The van der Waals surface area contributed by atoms with Gasteiger partial charge in [-0.05, 0) is 36.2 Å². The van der Waals surface area contributed by atoms with E-state index in [1.165, 1.54) is 0 Å². The molecule has 0 saturated carbocycles. The smallest absolute Gasteiger partial charge is 0.273 e. The van der Waals surface area contributed by atoms with Crippen LogP contribution in [-0.2, 0) is 20.8 Å². The van der Waals surface area contributed by atoms with Crippen molar-refractivity contribution < 1.29 is 19.2 Å². The van der Waals surface area contributed by atoms with Gasteiger partial charge in [-0.1, -0.05) is 11.2 Å². The number of amides is 3. The highest BCUT2D eigenvalue weighted by Crippen LogP contribution is 2.35. The molecule has 1 unspecified atom stereocenters. The second-order valence-corrected chi connectivity index (χ2v) is 9.00. The maximum Gasteiger partial charge on any atom is 0.273 e. The second-order valence-electron chi connectivity index (χ2n) is 9.00. The molecule has 12 heteroatoms. The number of nitrogens with one attached hydrogen (secondary N) is 2. The zero-order valence-electron chi connectivity index (χ0n) is 19.2. The molecule has 1 fully saturated rings. The van der Waals surface area contributed by atoms with E-state index in [9.17, 15) is 14.4 Å². The third-order valence-corrected chi connectivity index (χ3v) is 6.54. The van der Waals surface area contributed by atoms with E-state index in [1.54, 1.807) is 52.4 Å². The number of hydrogen-bond donors (Lipinski definition) is 2. The largest absolute Gasteiger partial charge is 0.386 e. The Morgan fingerprint density at radius 3 is 2.92 bits per heavy atom. The van der Waals surface area contributed by atoms with Gasteiger partial charge < -0.3 is 20.4 Å². The van der Waals surface area contributed by atoms with E-state index in [2.05, 4.69) is 30.9 Å². The molecule has 1 atom stereocenters. The standard InChI is InChI=1S/C24H22N8O4/c33-19-7-5-15-4-6-17(27-20(15)29-19)23(35)31-12-8-24(14-31)13-18(30-36-24)22(34)28-16-3-1-9-25-21(16)32-11-2-10-26-32/h1-4,6,9-11H,5,7-8,12-14H2,(H,28,34)(H,27,29,33). The van der Waals surface area contributed by atoms with Gasteiger partial charge in [-0.2, -0.15) is 5.10 Å². The van der Waals surface area contributed by atoms with E-state index in [4.69, 9.17) is 4.84 Å². The third kappa shape index (κ3) is 3.96. The van der Waals surface area contributed by atoms with Crippen molar-refractivity contribution in [2.24, 2.45) is 5.16 Å². The summed E-state index contributed by atoms with van der Waals surface area (Å²) in [6.45, 7) is 0.725. The molecule has 3 aromatic heterocycles. The molecule has 3 aliphatic heterocycles. The number of oxime groups is 1. The van der Waals surface area contributed by atoms with Gasteiger partial charge in [0.1, 0.15) is 17.2 Å². The molecule has 1 spiro atoms. The van der Waals surface area contributed by atoms with E-state index in [0.717, 1.165) is 5.56 Å². The zero-order chi connectivity index (χ0) is 24.7. The first-order valence-electron chi connectivity index (χ1n) is 11.6. The third-order valence-electron chi connectivity index (χ3n) is 6.54. The fraction of sp³-hybridized carbons (Fsp3) is 0.292. The SMILES string of the molecule is O=C1CCc2ccc(C(=O)N3CCC4(CC(C(=O)Nc5cccnc5-n5cccn5)=NO4)C3)nc2N1. The number of carbonyl (C=O) groups is 3. The Labute approximate surface area is 205 Å². The highest BCUT2D eigenvalue weighted by atomic mass is 16.7.